The van der Waals surface area contributed by atoms with Crippen LogP contribution in [0.25, 0.3) is 0 Å². The molecule has 0 radical (unpaired) electrons. The van der Waals surface area contributed by atoms with Gasteiger partial charge >= 0.3 is 0 Å². The predicted octanol–water partition coefficient (Wildman–Crippen LogP) is 1.87. The summed E-state index contributed by atoms with van der Waals surface area (Å²) in [6.45, 7) is 0. The van der Waals surface area contributed by atoms with Crippen LogP contribution in [0.1, 0.15) is 19.3 Å². The second-order valence-corrected chi connectivity index (χ2v) is 2.92. The molecule has 0 saturated heterocycles. The number of rotatable bonds is 0. The Morgan fingerprint density at radius 1 is 1.44 bits per heavy atom. The van der Waals surface area contributed by atoms with Gasteiger partial charge in [-0.15, -0.1) is 0 Å². The molecular weight excluding hydrogens is 110 g/mol. The lowest BCUT2D eigenvalue weighted by Gasteiger charge is -1.85. The highest BCUT2D eigenvalue weighted by Gasteiger charge is 2.46. The van der Waals surface area contributed by atoms with Crippen LogP contribution < -0.4 is 0 Å². The Hall–Kier alpha value is -0.770. The van der Waals surface area contributed by atoms with Crippen LogP contribution in [0.15, 0.2) is 11.6 Å². The van der Waals surface area contributed by atoms with Gasteiger partial charge in [0.1, 0.15) is 0 Å². The van der Waals surface area contributed by atoms with E-state index in [-0.39, 0.29) is 0 Å². The van der Waals surface area contributed by atoms with Crippen molar-refractivity contribution in [3.63, 3.8) is 0 Å². The highest BCUT2D eigenvalue weighted by molar-refractivity contribution is 5.35. The van der Waals surface area contributed by atoms with Gasteiger partial charge in [0.2, 0.25) is 0 Å². The van der Waals surface area contributed by atoms with Crippen molar-refractivity contribution in [2.24, 2.45) is 11.8 Å². The molecule has 1 heteroatoms. The summed E-state index contributed by atoms with van der Waals surface area (Å²) in [6, 6.07) is 2.10. The third-order valence-electron chi connectivity index (χ3n) is 2.49. The van der Waals surface area contributed by atoms with E-state index in [2.05, 4.69) is 6.07 Å². The fraction of sp³-hybridized carbons (Fsp3) is 0.625. The van der Waals surface area contributed by atoms with Crippen LogP contribution in [-0.2, 0) is 0 Å². The van der Waals surface area contributed by atoms with Gasteiger partial charge in [-0.1, -0.05) is 12.0 Å². The second-order valence-electron chi connectivity index (χ2n) is 2.92. The van der Waals surface area contributed by atoms with Crippen LogP contribution in [0.3, 0.4) is 0 Å². The highest BCUT2D eigenvalue weighted by atomic mass is 14.5. The SMILES string of the molecule is N#CC=C1C2CCCC12. The standard InChI is InChI=1S/C8H9N/c9-5-4-8-6-2-1-3-7(6)8/h4,6-7H,1-3H2. The van der Waals surface area contributed by atoms with Gasteiger partial charge in [-0.3, -0.25) is 0 Å². The van der Waals surface area contributed by atoms with E-state index in [9.17, 15) is 0 Å². The second kappa shape index (κ2) is 1.60. The number of allylic oxidation sites excluding steroid dienone is 2. The zero-order chi connectivity index (χ0) is 6.27. The third kappa shape index (κ3) is 0.595. The average molecular weight is 119 g/mol. The Morgan fingerprint density at radius 2 is 2.11 bits per heavy atom. The van der Waals surface area contributed by atoms with Gasteiger partial charge in [0.25, 0.3) is 0 Å². The lowest BCUT2D eigenvalue weighted by molar-refractivity contribution is 0.793. The maximum atomic E-state index is 8.31. The Morgan fingerprint density at radius 3 is 2.67 bits per heavy atom. The minimum absolute atomic E-state index is 0.838. The summed E-state index contributed by atoms with van der Waals surface area (Å²) in [4.78, 5) is 0. The van der Waals surface area contributed by atoms with Crippen LogP contribution in [0.2, 0.25) is 0 Å². The van der Waals surface area contributed by atoms with Gasteiger partial charge in [-0.25, -0.2) is 0 Å². The smallest absolute Gasteiger partial charge is 0.0911 e. The van der Waals surface area contributed by atoms with Crippen molar-refractivity contribution in [3.8, 4) is 6.07 Å². The number of fused-ring (bicyclic) bond motifs is 1. The lowest BCUT2D eigenvalue weighted by Crippen LogP contribution is -1.70. The maximum Gasteiger partial charge on any atom is 0.0911 e. The summed E-state index contributed by atoms with van der Waals surface area (Å²) >= 11 is 0. The molecule has 0 bridgehead atoms. The molecule has 0 aromatic rings. The van der Waals surface area contributed by atoms with Crippen LogP contribution >= 0.6 is 0 Å². The maximum absolute atomic E-state index is 8.31. The Balaban J connectivity index is 2.11. The van der Waals surface area contributed by atoms with Gasteiger partial charge in [0.05, 0.1) is 6.07 Å². The van der Waals surface area contributed by atoms with Crippen molar-refractivity contribution < 1.29 is 0 Å². The Bertz CT molecular complexity index is 185. The highest BCUT2D eigenvalue weighted by Crippen LogP contribution is 2.56. The normalized spacial score (nSPS) is 37.4. The topological polar surface area (TPSA) is 23.8 Å². The molecule has 0 heterocycles. The molecule has 2 saturated carbocycles. The fourth-order valence-corrected chi connectivity index (χ4v) is 1.99. The molecule has 0 spiro atoms. The molecule has 9 heavy (non-hydrogen) atoms. The summed E-state index contributed by atoms with van der Waals surface area (Å²) in [7, 11) is 0. The van der Waals surface area contributed by atoms with Gasteiger partial charge in [0, 0.05) is 6.08 Å². The van der Waals surface area contributed by atoms with E-state index >= 15 is 0 Å². The summed E-state index contributed by atoms with van der Waals surface area (Å²) in [5.74, 6) is 1.68. The van der Waals surface area contributed by atoms with Crippen molar-refractivity contribution in [3.05, 3.63) is 11.6 Å². The molecule has 0 aliphatic heterocycles. The number of nitriles is 1. The first kappa shape index (κ1) is 5.05. The van der Waals surface area contributed by atoms with Gasteiger partial charge < -0.3 is 0 Å². The first-order valence-corrected chi connectivity index (χ1v) is 3.53. The zero-order valence-electron chi connectivity index (χ0n) is 5.30. The van der Waals surface area contributed by atoms with Crippen molar-refractivity contribution in [1.82, 2.24) is 0 Å². The van der Waals surface area contributed by atoms with Crippen LogP contribution in [0.5, 0.6) is 0 Å². The summed E-state index contributed by atoms with van der Waals surface area (Å²) < 4.78 is 0. The molecule has 0 N–H and O–H groups in total. The largest absolute Gasteiger partial charge is 0.193 e. The number of hydrogen-bond acceptors (Lipinski definition) is 1. The van der Waals surface area contributed by atoms with E-state index in [0.717, 1.165) is 11.8 Å². The third-order valence-corrected chi connectivity index (χ3v) is 2.49. The lowest BCUT2D eigenvalue weighted by atomic mass is 10.2. The predicted molar refractivity (Wildman–Crippen MR) is 34.5 cm³/mol. The molecule has 0 aromatic carbocycles. The molecular formula is C8H9N. The van der Waals surface area contributed by atoms with Crippen LogP contribution in [0.4, 0.5) is 0 Å². The molecule has 46 valence electrons. The van der Waals surface area contributed by atoms with Crippen LogP contribution in [0, 0.1) is 23.2 Å². The molecule has 2 fully saturated rings. The molecule has 0 aromatic heterocycles. The molecule has 2 rings (SSSR count). The molecule has 2 unspecified atom stereocenters. The van der Waals surface area contributed by atoms with E-state index in [4.69, 9.17) is 5.26 Å². The van der Waals surface area contributed by atoms with Crippen molar-refractivity contribution in [1.29, 1.82) is 5.26 Å². The van der Waals surface area contributed by atoms with E-state index < -0.39 is 0 Å². The average Bonchev–Trinajstić information content (AvgIpc) is 2.39. The van der Waals surface area contributed by atoms with E-state index in [1.165, 1.54) is 24.8 Å². The monoisotopic (exact) mass is 119 g/mol. The van der Waals surface area contributed by atoms with E-state index in [0.29, 0.717) is 0 Å². The summed E-state index contributed by atoms with van der Waals surface area (Å²) in [5, 5.41) is 8.31. The summed E-state index contributed by atoms with van der Waals surface area (Å²) in [5.41, 5.74) is 1.43. The molecule has 2 aliphatic carbocycles. The Labute approximate surface area is 55.0 Å². The van der Waals surface area contributed by atoms with Crippen molar-refractivity contribution in [2.45, 2.75) is 19.3 Å². The van der Waals surface area contributed by atoms with Gasteiger partial charge in [0.15, 0.2) is 0 Å². The van der Waals surface area contributed by atoms with Crippen molar-refractivity contribution >= 4 is 0 Å². The first-order valence-electron chi connectivity index (χ1n) is 3.53. The van der Waals surface area contributed by atoms with E-state index in [1.807, 2.05) is 0 Å². The van der Waals surface area contributed by atoms with E-state index in [1.54, 1.807) is 6.08 Å². The fourth-order valence-electron chi connectivity index (χ4n) is 1.99. The molecule has 2 aliphatic rings. The zero-order valence-corrected chi connectivity index (χ0v) is 5.30. The molecule has 1 nitrogen and oxygen atoms in total. The quantitative estimate of drug-likeness (QED) is 0.446. The summed E-state index contributed by atoms with van der Waals surface area (Å²) in [6.07, 6.45) is 5.82. The van der Waals surface area contributed by atoms with Crippen LogP contribution in [-0.4, -0.2) is 0 Å². The van der Waals surface area contributed by atoms with Gasteiger partial charge in [-0.2, -0.15) is 5.26 Å². The van der Waals surface area contributed by atoms with Gasteiger partial charge in [-0.05, 0) is 24.7 Å². The number of nitrogens with zero attached hydrogens (tertiary/aromatic N) is 1. The van der Waals surface area contributed by atoms with Crippen molar-refractivity contribution in [2.75, 3.05) is 0 Å². The molecule has 2 atom stereocenters. The first-order chi connectivity index (χ1) is 4.43. The minimum Gasteiger partial charge on any atom is -0.193 e. The Kier molecular flexibility index (Phi) is 0.900. The number of hydrogen-bond donors (Lipinski definition) is 0. The minimum atomic E-state index is 0.838. The molecule has 0 amide bonds.